The van der Waals surface area contributed by atoms with Crippen molar-refractivity contribution >= 4 is 46.1 Å². The van der Waals surface area contributed by atoms with E-state index in [1.165, 1.54) is 5.37 Å². The van der Waals surface area contributed by atoms with Gasteiger partial charge in [-0.3, -0.25) is 9.27 Å². The largest absolute Gasteiger partial charge is 0.469 e. The summed E-state index contributed by atoms with van der Waals surface area (Å²) in [6, 6.07) is 7.16. The highest BCUT2D eigenvalue weighted by Crippen LogP contribution is 2.27. The minimum atomic E-state index is -2.17. The molecule has 7 heteroatoms. The highest BCUT2D eigenvalue weighted by atomic mass is 35.5. The van der Waals surface area contributed by atoms with Crippen LogP contribution in [0.25, 0.3) is 0 Å². The Labute approximate surface area is 129 Å². The molecular weight excluding hydrogens is 318 g/mol. The van der Waals surface area contributed by atoms with Crippen molar-refractivity contribution in [2.24, 2.45) is 0 Å². The third kappa shape index (κ3) is 3.89. The van der Waals surface area contributed by atoms with E-state index < -0.39 is 11.3 Å². The normalized spacial score (nSPS) is 12.1. The molecule has 0 fully saturated rings. The van der Waals surface area contributed by atoms with Gasteiger partial charge < -0.3 is 4.42 Å². The van der Waals surface area contributed by atoms with Crippen molar-refractivity contribution in [3.8, 4) is 0 Å². The van der Waals surface area contributed by atoms with Crippen LogP contribution in [0.2, 0.25) is 5.02 Å². The fourth-order valence-electron chi connectivity index (χ4n) is 1.84. The third-order valence-electron chi connectivity index (χ3n) is 2.77. The van der Waals surface area contributed by atoms with E-state index in [0.29, 0.717) is 10.7 Å². The molecule has 1 aromatic carbocycles. The van der Waals surface area contributed by atoms with Crippen LogP contribution in [0.15, 0.2) is 34.9 Å². The number of hydrogen-bond acceptors (Lipinski definition) is 3. The van der Waals surface area contributed by atoms with Gasteiger partial charge in [0.2, 0.25) is 0 Å². The molecule has 0 radical (unpaired) electrons. The standard InChI is InChI=1S/C13H12ClNO3S2/c14-12-6-9(3-4-11-2-1-5-18-11)10(8-19)7-13(12)15-20(16)17/h1-2,5-8,15H,3-4H2,(H,16,17). The minimum Gasteiger partial charge on any atom is -0.469 e. The summed E-state index contributed by atoms with van der Waals surface area (Å²) < 4.78 is 27.3. The molecule has 1 heterocycles. The molecule has 0 aliphatic carbocycles. The molecule has 2 rings (SSSR count). The molecule has 0 spiro atoms. The molecule has 1 aromatic heterocycles. The summed E-state index contributed by atoms with van der Waals surface area (Å²) in [4.78, 5) is 0. The van der Waals surface area contributed by atoms with E-state index in [4.69, 9.17) is 32.8 Å². The van der Waals surface area contributed by atoms with Gasteiger partial charge in [-0.2, -0.15) is 0 Å². The smallest absolute Gasteiger partial charge is 0.259 e. The Morgan fingerprint density at radius 2 is 2.25 bits per heavy atom. The predicted octanol–water partition coefficient (Wildman–Crippen LogP) is 3.61. The summed E-state index contributed by atoms with van der Waals surface area (Å²) in [6.45, 7) is 0. The number of furan rings is 1. The Morgan fingerprint density at radius 1 is 1.45 bits per heavy atom. The van der Waals surface area contributed by atoms with Crippen LogP contribution in [0, 0.1) is 0 Å². The van der Waals surface area contributed by atoms with Gasteiger partial charge in [0.15, 0.2) is 0 Å². The number of aryl methyl sites for hydroxylation is 2. The third-order valence-corrected chi connectivity index (χ3v) is 3.74. The first-order valence-corrected chi connectivity index (χ1v) is 7.73. The van der Waals surface area contributed by atoms with Crippen LogP contribution in [-0.2, 0) is 24.1 Å². The summed E-state index contributed by atoms with van der Waals surface area (Å²) in [7, 11) is 0. The summed E-state index contributed by atoms with van der Waals surface area (Å²) in [5.41, 5.74) is 2.14. The summed E-state index contributed by atoms with van der Waals surface area (Å²) in [5.74, 6) is 0.884. The predicted molar refractivity (Wildman–Crippen MR) is 84.7 cm³/mol. The molecule has 0 saturated heterocycles. The molecule has 0 bridgehead atoms. The van der Waals surface area contributed by atoms with Gasteiger partial charge in [-0.05, 0) is 41.8 Å². The first-order chi connectivity index (χ1) is 9.60. The van der Waals surface area contributed by atoms with Crippen LogP contribution in [0.4, 0.5) is 5.69 Å². The summed E-state index contributed by atoms with van der Waals surface area (Å²) in [5, 5.41) is 1.90. The van der Waals surface area contributed by atoms with Gasteiger partial charge in [0.25, 0.3) is 11.3 Å². The number of rotatable bonds is 6. The number of thiocarbonyl (C=S) groups is 1. The number of nitrogens with one attached hydrogen (secondary N) is 1. The van der Waals surface area contributed by atoms with Gasteiger partial charge in [-0.15, -0.1) is 0 Å². The van der Waals surface area contributed by atoms with Crippen molar-refractivity contribution in [1.29, 1.82) is 0 Å². The van der Waals surface area contributed by atoms with E-state index in [2.05, 4.69) is 4.72 Å². The SMILES string of the molecule is O=S(O)Nc1cc(C=S)c(CCc2ccco2)cc1Cl. The molecule has 20 heavy (non-hydrogen) atoms. The maximum absolute atomic E-state index is 10.8. The molecule has 0 amide bonds. The molecule has 106 valence electrons. The van der Waals surface area contributed by atoms with Crippen LogP contribution in [0.3, 0.4) is 0 Å². The number of hydrogen-bond donors (Lipinski definition) is 2. The molecule has 2 N–H and O–H groups in total. The fourth-order valence-corrected chi connectivity index (χ4v) is 2.71. The molecule has 4 nitrogen and oxygen atoms in total. The molecule has 1 unspecified atom stereocenters. The van der Waals surface area contributed by atoms with Gasteiger partial charge in [0, 0.05) is 11.8 Å². The van der Waals surface area contributed by atoms with E-state index in [-0.39, 0.29) is 0 Å². The molecule has 0 aliphatic rings. The first kappa shape index (κ1) is 15.2. The van der Waals surface area contributed by atoms with E-state index in [0.717, 1.165) is 29.7 Å². The fraction of sp³-hybridized carbons (Fsp3) is 0.154. The number of anilines is 1. The van der Waals surface area contributed by atoms with Crippen molar-refractivity contribution in [3.05, 3.63) is 52.4 Å². The topological polar surface area (TPSA) is 62.5 Å². The van der Waals surface area contributed by atoms with Crippen molar-refractivity contribution in [3.63, 3.8) is 0 Å². The van der Waals surface area contributed by atoms with Crippen LogP contribution in [0.1, 0.15) is 16.9 Å². The maximum atomic E-state index is 10.8. The van der Waals surface area contributed by atoms with E-state index in [9.17, 15) is 4.21 Å². The van der Waals surface area contributed by atoms with Gasteiger partial charge in [0.1, 0.15) is 5.76 Å². The van der Waals surface area contributed by atoms with Crippen molar-refractivity contribution in [2.45, 2.75) is 12.8 Å². The average molecular weight is 330 g/mol. The summed E-state index contributed by atoms with van der Waals surface area (Å²) in [6.07, 6.45) is 3.09. The zero-order valence-electron chi connectivity index (χ0n) is 10.3. The second-order valence-corrected chi connectivity index (χ2v) is 5.42. The van der Waals surface area contributed by atoms with Gasteiger partial charge in [-0.25, -0.2) is 4.21 Å². The highest BCUT2D eigenvalue weighted by molar-refractivity contribution is 7.80. The number of halogens is 1. The maximum Gasteiger partial charge on any atom is 0.259 e. The summed E-state index contributed by atoms with van der Waals surface area (Å²) >= 11 is 8.89. The molecular formula is C13H12ClNO3S2. The Hall–Kier alpha value is -1.21. The van der Waals surface area contributed by atoms with Crippen molar-refractivity contribution in [2.75, 3.05) is 4.72 Å². The van der Waals surface area contributed by atoms with Crippen molar-refractivity contribution < 1.29 is 13.2 Å². The van der Waals surface area contributed by atoms with Gasteiger partial charge in [-0.1, -0.05) is 23.8 Å². The number of benzene rings is 1. The minimum absolute atomic E-state index is 0.377. The average Bonchev–Trinajstić information content (AvgIpc) is 2.91. The Balaban J connectivity index is 2.21. The lowest BCUT2D eigenvalue weighted by molar-refractivity contribution is 0.508. The lowest BCUT2D eigenvalue weighted by Gasteiger charge is -2.10. The van der Waals surface area contributed by atoms with Crippen LogP contribution >= 0.6 is 23.8 Å². The molecule has 2 aromatic rings. The van der Waals surface area contributed by atoms with Crippen LogP contribution in [0.5, 0.6) is 0 Å². The molecule has 1 atom stereocenters. The quantitative estimate of drug-likeness (QED) is 0.627. The Bertz CT molecular complexity index is 629. The van der Waals surface area contributed by atoms with Crippen LogP contribution in [-0.4, -0.2) is 14.1 Å². The highest BCUT2D eigenvalue weighted by Gasteiger charge is 2.09. The van der Waals surface area contributed by atoms with E-state index in [1.54, 1.807) is 18.4 Å². The molecule has 0 saturated carbocycles. The Morgan fingerprint density at radius 3 is 2.85 bits per heavy atom. The Kier molecular flexibility index (Phi) is 5.31. The lowest BCUT2D eigenvalue weighted by Crippen LogP contribution is -2.04. The second kappa shape index (κ2) is 6.99. The zero-order valence-corrected chi connectivity index (χ0v) is 12.7. The zero-order chi connectivity index (χ0) is 14.5. The van der Waals surface area contributed by atoms with Crippen molar-refractivity contribution in [1.82, 2.24) is 0 Å². The lowest BCUT2D eigenvalue weighted by atomic mass is 10.0. The van der Waals surface area contributed by atoms with Crippen LogP contribution < -0.4 is 4.72 Å². The molecule has 0 aliphatic heterocycles. The van der Waals surface area contributed by atoms with Gasteiger partial charge in [0.05, 0.1) is 17.0 Å². The first-order valence-electron chi connectivity index (χ1n) is 5.77. The monoisotopic (exact) mass is 329 g/mol. The second-order valence-electron chi connectivity index (χ2n) is 4.08. The van der Waals surface area contributed by atoms with E-state index >= 15 is 0 Å². The van der Waals surface area contributed by atoms with E-state index in [1.807, 2.05) is 12.1 Å². The van der Waals surface area contributed by atoms with Gasteiger partial charge >= 0.3 is 0 Å².